The number of nitrogens with one attached hydrogen (secondary N) is 2. The van der Waals surface area contributed by atoms with Gasteiger partial charge in [-0.3, -0.25) is 0 Å². The van der Waals surface area contributed by atoms with Gasteiger partial charge in [0, 0.05) is 23.4 Å². The SMILES string of the molecule is Cc1ccc([C@H](CCNc2ncnc3c2[nH]c2ccccc23)c2ccco2)cc1. The minimum absolute atomic E-state index is 0.193. The first-order valence-electron chi connectivity index (χ1n) is 9.85. The van der Waals surface area contributed by atoms with E-state index in [1.54, 1.807) is 12.6 Å². The molecule has 0 saturated heterocycles. The normalized spacial score (nSPS) is 12.4. The fourth-order valence-electron chi connectivity index (χ4n) is 3.87. The van der Waals surface area contributed by atoms with E-state index in [2.05, 4.69) is 63.6 Å². The summed E-state index contributed by atoms with van der Waals surface area (Å²) in [5.41, 5.74) is 5.47. The number of furan rings is 1. The van der Waals surface area contributed by atoms with Crippen LogP contribution in [0, 0.1) is 6.92 Å². The minimum Gasteiger partial charge on any atom is -0.469 e. The number of fused-ring (bicyclic) bond motifs is 3. The van der Waals surface area contributed by atoms with E-state index in [1.165, 1.54) is 11.1 Å². The van der Waals surface area contributed by atoms with Crippen LogP contribution in [0.4, 0.5) is 5.82 Å². The summed E-state index contributed by atoms with van der Waals surface area (Å²) in [4.78, 5) is 12.4. The number of aryl methyl sites for hydroxylation is 1. The van der Waals surface area contributed by atoms with E-state index in [4.69, 9.17) is 4.42 Å². The lowest BCUT2D eigenvalue weighted by Gasteiger charge is -2.16. The molecule has 144 valence electrons. The van der Waals surface area contributed by atoms with Gasteiger partial charge in [0.15, 0.2) is 5.82 Å². The Labute approximate surface area is 168 Å². The minimum atomic E-state index is 0.193. The van der Waals surface area contributed by atoms with Crippen LogP contribution in [0.5, 0.6) is 0 Å². The largest absolute Gasteiger partial charge is 0.469 e. The average molecular weight is 382 g/mol. The van der Waals surface area contributed by atoms with Crippen LogP contribution in [0.1, 0.15) is 29.2 Å². The van der Waals surface area contributed by atoms with Gasteiger partial charge in [-0.2, -0.15) is 0 Å². The maximum absolute atomic E-state index is 5.73. The van der Waals surface area contributed by atoms with Crippen molar-refractivity contribution in [1.29, 1.82) is 0 Å². The number of aromatic amines is 1. The molecule has 5 aromatic rings. The van der Waals surface area contributed by atoms with Gasteiger partial charge in [0.1, 0.15) is 23.1 Å². The van der Waals surface area contributed by atoms with E-state index in [9.17, 15) is 0 Å². The van der Waals surface area contributed by atoms with Gasteiger partial charge in [-0.05, 0) is 37.1 Å². The van der Waals surface area contributed by atoms with Crippen molar-refractivity contribution in [1.82, 2.24) is 15.0 Å². The van der Waals surface area contributed by atoms with E-state index in [0.29, 0.717) is 0 Å². The third kappa shape index (κ3) is 3.36. The molecule has 1 atom stereocenters. The molecule has 2 N–H and O–H groups in total. The summed E-state index contributed by atoms with van der Waals surface area (Å²) in [5.74, 6) is 2.00. The van der Waals surface area contributed by atoms with Crippen molar-refractivity contribution in [3.05, 3.63) is 90.1 Å². The first-order chi connectivity index (χ1) is 14.3. The zero-order valence-corrected chi connectivity index (χ0v) is 16.2. The van der Waals surface area contributed by atoms with Gasteiger partial charge in [-0.1, -0.05) is 48.0 Å². The highest BCUT2D eigenvalue weighted by molar-refractivity contribution is 6.07. The Balaban J connectivity index is 1.39. The van der Waals surface area contributed by atoms with Crippen molar-refractivity contribution in [2.45, 2.75) is 19.3 Å². The predicted octanol–water partition coefficient (Wildman–Crippen LogP) is 5.65. The molecule has 5 nitrogen and oxygen atoms in total. The molecule has 3 heterocycles. The molecule has 0 amide bonds. The van der Waals surface area contributed by atoms with Crippen LogP contribution in [0.15, 0.2) is 77.7 Å². The van der Waals surface area contributed by atoms with Crippen LogP contribution in [-0.4, -0.2) is 21.5 Å². The van der Waals surface area contributed by atoms with Gasteiger partial charge < -0.3 is 14.7 Å². The lowest BCUT2D eigenvalue weighted by Crippen LogP contribution is -2.10. The van der Waals surface area contributed by atoms with Gasteiger partial charge in [-0.25, -0.2) is 9.97 Å². The molecule has 5 rings (SSSR count). The zero-order chi connectivity index (χ0) is 19.6. The second kappa shape index (κ2) is 7.43. The van der Waals surface area contributed by atoms with Crippen LogP contribution in [0.2, 0.25) is 0 Å². The van der Waals surface area contributed by atoms with Gasteiger partial charge >= 0.3 is 0 Å². The summed E-state index contributed by atoms with van der Waals surface area (Å²) in [6, 6.07) is 20.8. The molecular weight excluding hydrogens is 360 g/mol. The van der Waals surface area contributed by atoms with Crippen molar-refractivity contribution >= 4 is 27.8 Å². The number of hydrogen-bond acceptors (Lipinski definition) is 4. The Hall–Kier alpha value is -3.60. The first kappa shape index (κ1) is 17.5. The average Bonchev–Trinajstić information content (AvgIpc) is 3.40. The Bertz CT molecular complexity index is 1240. The molecule has 0 fully saturated rings. The number of nitrogens with zero attached hydrogens (tertiary/aromatic N) is 2. The highest BCUT2D eigenvalue weighted by atomic mass is 16.3. The second-order valence-corrected chi connectivity index (χ2v) is 7.31. The van der Waals surface area contributed by atoms with Crippen molar-refractivity contribution in [3.8, 4) is 0 Å². The molecule has 0 spiro atoms. The number of rotatable bonds is 6. The molecule has 0 bridgehead atoms. The highest BCUT2D eigenvalue weighted by Crippen LogP contribution is 2.30. The number of benzene rings is 2. The molecule has 0 saturated carbocycles. The third-order valence-corrected chi connectivity index (χ3v) is 5.38. The van der Waals surface area contributed by atoms with E-state index < -0.39 is 0 Å². The number of para-hydroxylation sites is 1. The van der Waals surface area contributed by atoms with E-state index in [-0.39, 0.29) is 5.92 Å². The van der Waals surface area contributed by atoms with Crippen molar-refractivity contribution < 1.29 is 4.42 Å². The number of aromatic nitrogens is 3. The summed E-state index contributed by atoms with van der Waals surface area (Å²) in [6.07, 6.45) is 4.25. The van der Waals surface area contributed by atoms with Crippen LogP contribution < -0.4 is 5.32 Å². The quantitative estimate of drug-likeness (QED) is 0.398. The molecule has 3 aromatic heterocycles. The summed E-state index contributed by atoms with van der Waals surface area (Å²) in [7, 11) is 0. The van der Waals surface area contributed by atoms with Crippen molar-refractivity contribution in [2.24, 2.45) is 0 Å². The lowest BCUT2D eigenvalue weighted by molar-refractivity contribution is 0.477. The molecular formula is C24H22N4O. The Morgan fingerprint density at radius 2 is 1.86 bits per heavy atom. The fourth-order valence-corrected chi connectivity index (χ4v) is 3.87. The fraction of sp³-hybridized carbons (Fsp3) is 0.167. The van der Waals surface area contributed by atoms with E-state index >= 15 is 0 Å². The predicted molar refractivity (Wildman–Crippen MR) is 116 cm³/mol. The Morgan fingerprint density at radius 1 is 1.00 bits per heavy atom. The summed E-state index contributed by atoms with van der Waals surface area (Å²) < 4.78 is 5.73. The third-order valence-electron chi connectivity index (χ3n) is 5.38. The standard InChI is InChI=1S/C24H22N4O/c1-16-8-10-17(11-9-16)18(21-7-4-14-29-21)12-13-25-24-23-22(26-15-27-24)19-5-2-3-6-20(19)28-23/h2-11,14-15,18,28H,12-13H2,1H3,(H,25,26,27)/t18-/m0/s1. The number of H-pyrrole nitrogens is 1. The molecule has 0 unspecified atom stereocenters. The summed E-state index contributed by atoms with van der Waals surface area (Å²) >= 11 is 0. The second-order valence-electron chi connectivity index (χ2n) is 7.31. The summed E-state index contributed by atoms with van der Waals surface area (Å²) in [6.45, 7) is 2.87. The van der Waals surface area contributed by atoms with Crippen molar-refractivity contribution in [2.75, 3.05) is 11.9 Å². The Kier molecular flexibility index (Phi) is 4.48. The van der Waals surface area contributed by atoms with Crippen LogP contribution in [-0.2, 0) is 0 Å². The molecule has 0 aliphatic heterocycles. The summed E-state index contributed by atoms with van der Waals surface area (Å²) in [5, 5.41) is 4.61. The van der Waals surface area contributed by atoms with Gasteiger partial charge in [0.2, 0.25) is 0 Å². The monoisotopic (exact) mass is 382 g/mol. The lowest BCUT2D eigenvalue weighted by atomic mass is 9.92. The van der Waals surface area contributed by atoms with Crippen LogP contribution in [0.25, 0.3) is 21.9 Å². The topological polar surface area (TPSA) is 66.7 Å². The molecule has 2 aromatic carbocycles. The van der Waals surface area contributed by atoms with Gasteiger partial charge in [-0.15, -0.1) is 0 Å². The van der Waals surface area contributed by atoms with E-state index in [1.807, 2.05) is 24.3 Å². The maximum Gasteiger partial charge on any atom is 0.153 e. The van der Waals surface area contributed by atoms with E-state index in [0.717, 1.165) is 46.5 Å². The molecule has 0 aliphatic rings. The van der Waals surface area contributed by atoms with Crippen LogP contribution >= 0.6 is 0 Å². The molecule has 0 aliphatic carbocycles. The maximum atomic E-state index is 5.73. The smallest absolute Gasteiger partial charge is 0.153 e. The van der Waals surface area contributed by atoms with Crippen molar-refractivity contribution in [3.63, 3.8) is 0 Å². The molecule has 0 radical (unpaired) electrons. The van der Waals surface area contributed by atoms with Gasteiger partial charge in [0.25, 0.3) is 0 Å². The number of anilines is 1. The highest BCUT2D eigenvalue weighted by Gasteiger charge is 2.17. The van der Waals surface area contributed by atoms with Gasteiger partial charge in [0.05, 0.1) is 6.26 Å². The number of hydrogen-bond donors (Lipinski definition) is 2. The zero-order valence-electron chi connectivity index (χ0n) is 16.2. The Morgan fingerprint density at radius 3 is 2.69 bits per heavy atom. The first-order valence-corrected chi connectivity index (χ1v) is 9.85. The van der Waals surface area contributed by atoms with Crippen LogP contribution in [0.3, 0.4) is 0 Å². The molecule has 29 heavy (non-hydrogen) atoms. The molecule has 5 heteroatoms.